The van der Waals surface area contributed by atoms with Gasteiger partial charge in [0, 0.05) is 29.3 Å². The second kappa shape index (κ2) is 9.94. The second-order valence-corrected chi connectivity index (χ2v) is 9.20. The third-order valence-corrected chi connectivity index (χ3v) is 6.93. The molecule has 0 bridgehead atoms. The number of rotatable bonds is 8. The Hall–Kier alpha value is -4.38. The molecule has 0 amide bonds. The highest BCUT2D eigenvalue weighted by Gasteiger charge is 2.23. The zero-order valence-corrected chi connectivity index (χ0v) is 21.1. The summed E-state index contributed by atoms with van der Waals surface area (Å²) in [6.45, 7) is 1.85. The lowest BCUT2D eigenvalue weighted by atomic mass is 9.97. The van der Waals surface area contributed by atoms with E-state index in [1.807, 2.05) is 36.4 Å². The van der Waals surface area contributed by atoms with E-state index in [4.69, 9.17) is 18.9 Å². The molecular formula is C32H29NO4. The van der Waals surface area contributed by atoms with Gasteiger partial charge >= 0.3 is 0 Å². The minimum atomic E-state index is 0.484. The molecule has 5 heteroatoms. The van der Waals surface area contributed by atoms with Crippen LogP contribution in [0.15, 0.2) is 91.0 Å². The Balaban J connectivity index is 1.36. The van der Waals surface area contributed by atoms with Gasteiger partial charge in [-0.2, -0.15) is 0 Å². The first-order chi connectivity index (χ1) is 18.2. The van der Waals surface area contributed by atoms with Gasteiger partial charge in [0.2, 0.25) is 0 Å². The zero-order valence-electron chi connectivity index (χ0n) is 21.1. The highest BCUT2D eigenvalue weighted by molar-refractivity contribution is 5.91. The summed E-state index contributed by atoms with van der Waals surface area (Å²) < 4.78 is 26.2. The number of nitrogens with zero attached hydrogens (tertiary/aromatic N) is 1. The summed E-state index contributed by atoms with van der Waals surface area (Å²) in [6, 6.07) is 31.0. The van der Waals surface area contributed by atoms with Crippen molar-refractivity contribution in [3.05, 3.63) is 108 Å². The van der Waals surface area contributed by atoms with Crippen LogP contribution in [0.2, 0.25) is 0 Å². The molecule has 5 nitrogen and oxygen atoms in total. The van der Waals surface area contributed by atoms with Gasteiger partial charge in [-0.3, -0.25) is 0 Å². The number of benzene rings is 4. The lowest BCUT2D eigenvalue weighted by Gasteiger charge is -2.22. The molecule has 1 aromatic heterocycles. The van der Waals surface area contributed by atoms with Crippen molar-refractivity contribution < 1.29 is 18.9 Å². The predicted molar refractivity (Wildman–Crippen MR) is 146 cm³/mol. The monoisotopic (exact) mass is 491 g/mol. The van der Waals surface area contributed by atoms with Gasteiger partial charge in [-0.1, -0.05) is 60.7 Å². The van der Waals surface area contributed by atoms with E-state index >= 15 is 0 Å². The number of methoxy groups -OCH3 is 2. The molecule has 0 N–H and O–H groups in total. The smallest absolute Gasteiger partial charge is 0.162 e. The largest absolute Gasteiger partial charge is 0.493 e. The molecule has 0 aliphatic carbocycles. The van der Waals surface area contributed by atoms with Gasteiger partial charge < -0.3 is 23.5 Å². The summed E-state index contributed by atoms with van der Waals surface area (Å²) in [4.78, 5) is 0. The molecule has 0 saturated heterocycles. The summed E-state index contributed by atoms with van der Waals surface area (Å²) >= 11 is 0. The van der Waals surface area contributed by atoms with Gasteiger partial charge in [0.05, 0.1) is 19.7 Å². The average Bonchev–Trinajstić information content (AvgIpc) is 3.32. The molecule has 0 unspecified atom stereocenters. The van der Waals surface area contributed by atoms with Gasteiger partial charge in [-0.25, -0.2) is 0 Å². The molecule has 4 aromatic carbocycles. The average molecular weight is 492 g/mol. The van der Waals surface area contributed by atoms with Crippen LogP contribution < -0.4 is 18.9 Å². The van der Waals surface area contributed by atoms with Crippen LogP contribution in [-0.2, 0) is 26.2 Å². The normalized spacial score (nSPS) is 12.1. The molecule has 37 heavy (non-hydrogen) atoms. The van der Waals surface area contributed by atoms with Crippen LogP contribution in [0, 0.1) is 0 Å². The second-order valence-electron chi connectivity index (χ2n) is 9.20. The van der Waals surface area contributed by atoms with Gasteiger partial charge in [-0.15, -0.1) is 0 Å². The summed E-state index contributed by atoms with van der Waals surface area (Å²) in [5, 5.41) is 1.12. The van der Waals surface area contributed by atoms with Crippen molar-refractivity contribution in [3.63, 3.8) is 0 Å². The Kier molecular flexibility index (Phi) is 6.19. The van der Waals surface area contributed by atoms with E-state index in [-0.39, 0.29) is 0 Å². The van der Waals surface area contributed by atoms with Crippen molar-refractivity contribution in [2.45, 2.75) is 26.2 Å². The third kappa shape index (κ3) is 4.49. The van der Waals surface area contributed by atoms with Crippen LogP contribution in [0.25, 0.3) is 22.2 Å². The molecule has 0 spiro atoms. The lowest BCUT2D eigenvalue weighted by Crippen LogP contribution is -2.11. The molecule has 1 aliphatic heterocycles. The lowest BCUT2D eigenvalue weighted by molar-refractivity contribution is 0.284. The van der Waals surface area contributed by atoms with Crippen LogP contribution in [0.3, 0.4) is 0 Å². The van der Waals surface area contributed by atoms with Gasteiger partial charge in [0.25, 0.3) is 0 Å². The summed E-state index contributed by atoms with van der Waals surface area (Å²) in [7, 11) is 3.38. The minimum Gasteiger partial charge on any atom is -0.493 e. The zero-order chi connectivity index (χ0) is 25.2. The maximum atomic E-state index is 6.22. The van der Waals surface area contributed by atoms with E-state index in [2.05, 4.69) is 59.2 Å². The predicted octanol–water partition coefficient (Wildman–Crippen LogP) is 7.04. The van der Waals surface area contributed by atoms with E-state index in [0.717, 1.165) is 69.3 Å². The number of ether oxygens (including phenoxy) is 4. The summed E-state index contributed by atoms with van der Waals surface area (Å²) in [5.41, 5.74) is 6.94. The number of fused-ring (bicyclic) bond motifs is 5. The first kappa shape index (κ1) is 23.0. The molecule has 0 fully saturated rings. The fourth-order valence-electron chi connectivity index (χ4n) is 5.03. The Morgan fingerprint density at radius 3 is 1.86 bits per heavy atom. The van der Waals surface area contributed by atoms with Crippen molar-refractivity contribution in [1.82, 2.24) is 4.57 Å². The fraction of sp³-hybridized carbons (Fsp3) is 0.188. The Labute approximate surface area is 216 Å². The van der Waals surface area contributed by atoms with E-state index < -0.39 is 0 Å². The van der Waals surface area contributed by atoms with Crippen LogP contribution in [0.4, 0.5) is 0 Å². The Morgan fingerprint density at radius 1 is 0.649 bits per heavy atom. The van der Waals surface area contributed by atoms with Crippen molar-refractivity contribution in [2.75, 3.05) is 14.2 Å². The van der Waals surface area contributed by atoms with Crippen LogP contribution in [0.1, 0.15) is 16.7 Å². The summed E-state index contributed by atoms with van der Waals surface area (Å²) in [5.74, 6) is 2.98. The number of hydrogen-bond acceptors (Lipinski definition) is 4. The highest BCUT2D eigenvalue weighted by Crippen LogP contribution is 2.43. The van der Waals surface area contributed by atoms with E-state index in [0.29, 0.717) is 13.2 Å². The molecule has 0 radical (unpaired) electrons. The fourth-order valence-corrected chi connectivity index (χ4v) is 5.03. The van der Waals surface area contributed by atoms with Crippen molar-refractivity contribution in [2.24, 2.45) is 0 Å². The van der Waals surface area contributed by atoms with Gasteiger partial charge in [0.1, 0.15) is 13.2 Å². The maximum Gasteiger partial charge on any atom is 0.162 e. The van der Waals surface area contributed by atoms with Crippen LogP contribution >= 0.6 is 0 Å². The van der Waals surface area contributed by atoms with Gasteiger partial charge in [-0.05, 0) is 47.4 Å². The van der Waals surface area contributed by atoms with E-state index in [1.54, 1.807) is 14.2 Å². The van der Waals surface area contributed by atoms with E-state index in [1.165, 1.54) is 5.56 Å². The Morgan fingerprint density at radius 2 is 1.24 bits per heavy atom. The molecule has 6 rings (SSSR count). The molecule has 5 aromatic rings. The third-order valence-electron chi connectivity index (χ3n) is 6.93. The van der Waals surface area contributed by atoms with Crippen molar-refractivity contribution in [3.8, 4) is 34.3 Å². The minimum absolute atomic E-state index is 0.484. The topological polar surface area (TPSA) is 41.9 Å². The van der Waals surface area contributed by atoms with Crippen molar-refractivity contribution >= 4 is 10.9 Å². The molecule has 186 valence electrons. The highest BCUT2D eigenvalue weighted by atomic mass is 16.5. The Bertz CT molecular complexity index is 1540. The quantitative estimate of drug-likeness (QED) is 0.233. The number of aromatic nitrogens is 1. The van der Waals surface area contributed by atoms with Crippen molar-refractivity contribution in [1.29, 1.82) is 0 Å². The summed E-state index contributed by atoms with van der Waals surface area (Å²) in [6.07, 6.45) is 0.913. The molecule has 2 heterocycles. The van der Waals surface area contributed by atoms with Crippen LogP contribution in [0.5, 0.6) is 23.0 Å². The van der Waals surface area contributed by atoms with Gasteiger partial charge in [0.15, 0.2) is 23.0 Å². The first-order valence-electron chi connectivity index (χ1n) is 12.5. The molecule has 1 aliphatic rings. The van der Waals surface area contributed by atoms with Crippen LogP contribution in [-0.4, -0.2) is 18.8 Å². The molecule has 0 saturated carbocycles. The maximum absolute atomic E-state index is 6.22. The molecular weight excluding hydrogens is 462 g/mol. The standard InChI is InChI=1S/C32H29NO4/c1-34-29-16-24-13-14-33-27-19-30(35-2)31(36-20-22-9-5-3-6-10-22)17-25(27)15-28(33)26(24)18-32(29)37-21-23-11-7-4-8-12-23/h3-12,15-19H,13-14,20-21H2,1-2H3. The first-order valence-corrected chi connectivity index (χ1v) is 12.5. The van der Waals surface area contributed by atoms with E-state index in [9.17, 15) is 0 Å². The number of aryl methyl sites for hydroxylation is 2. The SMILES string of the molecule is COc1cc2c(cc1OCc1ccccc1)-c1cc3cc(OCc4ccccc4)c(OC)cc3n1CC2. The number of hydrogen-bond donors (Lipinski definition) is 0. The molecule has 0 atom stereocenters.